The van der Waals surface area contributed by atoms with Gasteiger partial charge in [0, 0.05) is 6.20 Å². The molecule has 0 aliphatic carbocycles. The predicted molar refractivity (Wildman–Crippen MR) is 65.4 cm³/mol. The van der Waals surface area contributed by atoms with Crippen molar-refractivity contribution in [2.75, 3.05) is 5.73 Å². The third-order valence-electron chi connectivity index (χ3n) is 2.52. The summed E-state index contributed by atoms with van der Waals surface area (Å²) in [6.45, 7) is 2.60. The first-order valence-electron chi connectivity index (χ1n) is 5.24. The lowest BCUT2D eigenvalue weighted by Gasteiger charge is -2.01. The number of hydrogen-bond acceptors (Lipinski definition) is 3. The number of nitrogens with two attached hydrogens (primary N) is 2. The molecule has 4 N–H and O–H groups in total. The zero-order valence-corrected chi connectivity index (χ0v) is 9.55. The minimum atomic E-state index is -0.558. The first-order chi connectivity index (χ1) is 8.06. The molecule has 0 spiro atoms. The van der Waals surface area contributed by atoms with Crippen LogP contribution in [0.1, 0.15) is 21.5 Å². The molecule has 2 rings (SSSR count). The van der Waals surface area contributed by atoms with Crippen molar-refractivity contribution in [1.29, 1.82) is 0 Å². The van der Waals surface area contributed by atoms with E-state index >= 15 is 0 Å². The van der Waals surface area contributed by atoms with Crippen molar-refractivity contribution in [2.45, 2.75) is 13.5 Å². The largest absolute Gasteiger partial charge is 0.382 e. The van der Waals surface area contributed by atoms with Crippen LogP contribution in [0.15, 0.2) is 30.5 Å². The fourth-order valence-corrected chi connectivity index (χ4v) is 1.59. The lowest BCUT2D eigenvalue weighted by atomic mass is 10.1. The summed E-state index contributed by atoms with van der Waals surface area (Å²) >= 11 is 0. The number of carbonyl (C=O) groups is 1. The second-order valence-corrected chi connectivity index (χ2v) is 3.98. The summed E-state index contributed by atoms with van der Waals surface area (Å²) in [4.78, 5) is 11.0. The van der Waals surface area contributed by atoms with Crippen LogP contribution >= 0.6 is 0 Å². The quantitative estimate of drug-likeness (QED) is 0.822. The minimum absolute atomic E-state index is 0.171. The van der Waals surface area contributed by atoms with Crippen LogP contribution in [0.4, 0.5) is 5.82 Å². The van der Waals surface area contributed by atoms with E-state index in [1.165, 1.54) is 5.56 Å². The number of amides is 1. The van der Waals surface area contributed by atoms with Crippen molar-refractivity contribution in [2.24, 2.45) is 5.73 Å². The highest BCUT2D eigenvalue weighted by Crippen LogP contribution is 2.10. The first-order valence-corrected chi connectivity index (χ1v) is 5.24. The van der Waals surface area contributed by atoms with Gasteiger partial charge in [-0.15, -0.1) is 0 Å². The molecule has 88 valence electrons. The molecule has 0 saturated carbocycles. The maximum Gasteiger partial charge on any atom is 0.254 e. The van der Waals surface area contributed by atoms with Crippen molar-refractivity contribution in [3.63, 3.8) is 0 Å². The molecule has 0 bridgehead atoms. The molecular weight excluding hydrogens is 216 g/mol. The minimum Gasteiger partial charge on any atom is -0.382 e. The molecule has 17 heavy (non-hydrogen) atoms. The van der Waals surface area contributed by atoms with Crippen LogP contribution in [0.3, 0.4) is 0 Å². The molecule has 0 saturated heterocycles. The highest BCUT2D eigenvalue weighted by Gasteiger charge is 2.10. The zero-order valence-electron chi connectivity index (χ0n) is 9.55. The van der Waals surface area contributed by atoms with Crippen LogP contribution in [-0.4, -0.2) is 15.7 Å². The maximum atomic E-state index is 11.0. The lowest BCUT2D eigenvalue weighted by Crippen LogP contribution is -2.11. The van der Waals surface area contributed by atoms with Gasteiger partial charge in [0.1, 0.15) is 5.56 Å². The molecule has 0 atom stereocenters. The van der Waals surface area contributed by atoms with Crippen LogP contribution in [0.2, 0.25) is 0 Å². The topological polar surface area (TPSA) is 86.9 Å². The van der Waals surface area contributed by atoms with Crippen LogP contribution in [-0.2, 0) is 6.54 Å². The summed E-state index contributed by atoms with van der Waals surface area (Å²) in [6, 6.07) is 8.07. The average molecular weight is 230 g/mol. The van der Waals surface area contributed by atoms with Gasteiger partial charge in [-0.3, -0.25) is 9.48 Å². The number of benzene rings is 1. The molecule has 1 aromatic heterocycles. The first kappa shape index (κ1) is 11.2. The summed E-state index contributed by atoms with van der Waals surface area (Å²) in [5.41, 5.74) is 13.3. The van der Waals surface area contributed by atoms with Gasteiger partial charge in [-0.1, -0.05) is 29.8 Å². The molecule has 5 heteroatoms. The maximum absolute atomic E-state index is 11.0. The number of rotatable bonds is 3. The fourth-order valence-electron chi connectivity index (χ4n) is 1.59. The van der Waals surface area contributed by atoms with Gasteiger partial charge in [-0.2, -0.15) is 5.10 Å². The second-order valence-electron chi connectivity index (χ2n) is 3.98. The summed E-state index contributed by atoms with van der Waals surface area (Å²) in [5, 5.41) is 4.04. The van der Waals surface area contributed by atoms with E-state index in [-0.39, 0.29) is 11.4 Å². The fraction of sp³-hybridized carbons (Fsp3) is 0.167. The van der Waals surface area contributed by atoms with E-state index in [0.717, 1.165) is 5.56 Å². The molecule has 1 heterocycles. The Morgan fingerprint density at radius 1 is 1.35 bits per heavy atom. The summed E-state index contributed by atoms with van der Waals surface area (Å²) in [7, 11) is 0. The van der Waals surface area contributed by atoms with Crippen LogP contribution in [0.25, 0.3) is 0 Å². The molecule has 1 amide bonds. The number of primary amides is 1. The molecule has 1 aromatic carbocycles. The van der Waals surface area contributed by atoms with Gasteiger partial charge in [0.05, 0.1) is 6.54 Å². The van der Waals surface area contributed by atoms with Gasteiger partial charge in [-0.25, -0.2) is 0 Å². The van der Waals surface area contributed by atoms with E-state index in [4.69, 9.17) is 11.5 Å². The van der Waals surface area contributed by atoms with E-state index in [1.807, 2.05) is 31.2 Å². The standard InChI is InChI=1S/C12H14N4O/c1-8-2-4-9(5-3-8)6-16-7-10(12(14)17)11(13)15-16/h2-5,7H,6H2,1H3,(H2,13,15)(H2,14,17). The van der Waals surface area contributed by atoms with Crippen molar-refractivity contribution in [3.05, 3.63) is 47.2 Å². The smallest absolute Gasteiger partial charge is 0.254 e. The third-order valence-corrected chi connectivity index (χ3v) is 2.52. The number of nitrogens with zero attached hydrogens (tertiary/aromatic N) is 2. The van der Waals surface area contributed by atoms with E-state index in [0.29, 0.717) is 6.54 Å². The number of carbonyl (C=O) groups excluding carboxylic acids is 1. The summed E-state index contributed by atoms with van der Waals surface area (Å²) < 4.78 is 1.61. The Labute approximate surface area is 99.0 Å². The molecule has 0 aliphatic heterocycles. The molecule has 5 nitrogen and oxygen atoms in total. The number of hydrogen-bond donors (Lipinski definition) is 2. The number of nitrogen functional groups attached to an aromatic ring is 1. The van der Waals surface area contributed by atoms with Gasteiger partial charge in [0.2, 0.25) is 0 Å². The van der Waals surface area contributed by atoms with Crippen LogP contribution in [0, 0.1) is 6.92 Å². The van der Waals surface area contributed by atoms with Gasteiger partial charge >= 0.3 is 0 Å². The van der Waals surface area contributed by atoms with Gasteiger partial charge in [-0.05, 0) is 12.5 Å². The van der Waals surface area contributed by atoms with Crippen LogP contribution in [0.5, 0.6) is 0 Å². The second kappa shape index (κ2) is 4.29. The van der Waals surface area contributed by atoms with Crippen LogP contribution < -0.4 is 11.5 Å². The van der Waals surface area contributed by atoms with E-state index < -0.39 is 5.91 Å². The Kier molecular flexibility index (Phi) is 2.82. The molecule has 0 aliphatic rings. The summed E-state index contributed by atoms with van der Waals surface area (Å²) in [5.74, 6) is -0.387. The van der Waals surface area contributed by atoms with E-state index in [1.54, 1.807) is 10.9 Å². The Morgan fingerprint density at radius 3 is 2.53 bits per heavy atom. The third kappa shape index (κ3) is 2.44. The molecule has 0 unspecified atom stereocenters. The molecule has 0 radical (unpaired) electrons. The lowest BCUT2D eigenvalue weighted by molar-refractivity contribution is 0.100. The Hall–Kier alpha value is -2.30. The molecule has 0 fully saturated rings. The number of aryl methyl sites for hydroxylation is 1. The molecular formula is C12H14N4O. The summed E-state index contributed by atoms with van der Waals surface area (Å²) in [6.07, 6.45) is 1.57. The van der Waals surface area contributed by atoms with E-state index in [9.17, 15) is 4.79 Å². The van der Waals surface area contributed by atoms with Crippen molar-refractivity contribution < 1.29 is 4.79 Å². The highest BCUT2D eigenvalue weighted by atomic mass is 16.1. The Morgan fingerprint density at radius 2 is 2.00 bits per heavy atom. The van der Waals surface area contributed by atoms with Crippen molar-refractivity contribution in [1.82, 2.24) is 9.78 Å². The number of anilines is 1. The Bertz CT molecular complexity index is 542. The number of aromatic nitrogens is 2. The van der Waals surface area contributed by atoms with Gasteiger partial charge < -0.3 is 11.5 Å². The zero-order chi connectivity index (χ0) is 12.4. The molecule has 2 aromatic rings. The Balaban J connectivity index is 2.22. The normalized spacial score (nSPS) is 10.4. The van der Waals surface area contributed by atoms with Gasteiger partial charge in [0.15, 0.2) is 5.82 Å². The monoisotopic (exact) mass is 230 g/mol. The highest BCUT2D eigenvalue weighted by molar-refractivity contribution is 5.96. The van der Waals surface area contributed by atoms with Crippen molar-refractivity contribution >= 4 is 11.7 Å². The predicted octanol–water partition coefficient (Wildman–Crippen LogP) is 0.921. The van der Waals surface area contributed by atoms with E-state index in [2.05, 4.69) is 5.10 Å². The van der Waals surface area contributed by atoms with Crippen molar-refractivity contribution in [3.8, 4) is 0 Å². The van der Waals surface area contributed by atoms with Gasteiger partial charge in [0.25, 0.3) is 5.91 Å². The average Bonchev–Trinajstić information content (AvgIpc) is 2.63. The SMILES string of the molecule is Cc1ccc(Cn2cc(C(N)=O)c(N)n2)cc1.